The maximum absolute atomic E-state index is 12.9. The smallest absolute Gasteiger partial charge is 0.217 e. The summed E-state index contributed by atoms with van der Waals surface area (Å²) in [5, 5.41) is 0. The molecule has 0 saturated heterocycles. The second kappa shape index (κ2) is 5.97. The summed E-state index contributed by atoms with van der Waals surface area (Å²) in [6.45, 7) is 0. The number of nitrogens with one attached hydrogen (secondary N) is 1. The molecule has 0 atom stereocenters. The number of para-hydroxylation sites is 1. The van der Waals surface area contributed by atoms with E-state index in [4.69, 9.17) is 5.84 Å². The zero-order chi connectivity index (χ0) is 13.7. The molecule has 4 nitrogen and oxygen atoms in total. The fraction of sp³-hybridized carbons (Fsp3) is 0.0714. The number of guanidine groups is 1. The van der Waals surface area contributed by atoms with Crippen molar-refractivity contribution < 1.29 is 4.39 Å². The first kappa shape index (κ1) is 13.0. The van der Waals surface area contributed by atoms with E-state index in [2.05, 4.69) is 10.4 Å². The lowest BCUT2D eigenvalue weighted by Gasteiger charge is -2.20. The second-order valence-corrected chi connectivity index (χ2v) is 3.95. The molecule has 0 fully saturated rings. The summed E-state index contributed by atoms with van der Waals surface area (Å²) in [6.07, 6.45) is 0. The molecule has 0 unspecified atom stereocenters. The molecule has 5 heteroatoms. The molecule has 3 N–H and O–H groups in total. The van der Waals surface area contributed by atoms with Gasteiger partial charge in [-0.05, 0) is 36.4 Å². The van der Waals surface area contributed by atoms with Crippen LogP contribution in [0.5, 0.6) is 0 Å². The summed E-state index contributed by atoms with van der Waals surface area (Å²) < 4.78 is 12.9. The molecule has 2 aromatic rings. The quantitative estimate of drug-likeness (QED) is 0.376. The van der Waals surface area contributed by atoms with Gasteiger partial charge in [0.05, 0.1) is 5.69 Å². The van der Waals surface area contributed by atoms with Crippen LogP contribution in [0.3, 0.4) is 0 Å². The number of benzene rings is 2. The molecule has 19 heavy (non-hydrogen) atoms. The highest BCUT2D eigenvalue weighted by molar-refractivity contribution is 5.96. The van der Waals surface area contributed by atoms with Crippen LogP contribution in [-0.4, -0.2) is 13.0 Å². The first-order valence-electron chi connectivity index (χ1n) is 5.80. The number of hydrogen-bond acceptors (Lipinski definition) is 2. The predicted molar refractivity (Wildman–Crippen MR) is 75.7 cm³/mol. The summed E-state index contributed by atoms with van der Waals surface area (Å²) in [6, 6.07) is 15.5. The van der Waals surface area contributed by atoms with Gasteiger partial charge in [0.1, 0.15) is 5.82 Å². The molecule has 0 heterocycles. The summed E-state index contributed by atoms with van der Waals surface area (Å²) in [5.41, 5.74) is 4.11. The number of nitrogens with two attached hydrogens (primary N) is 1. The zero-order valence-electron chi connectivity index (χ0n) is 10.5. The number of nitrogens with zero attached hydrogens (tertiary/aromatic N) is 2. The highest BCUT2D eigenvalue weighted by Gasteiger charge is 2.07. The first-order chi connectivity index (χ1) is 9.20. The Kier molecular flexibility index (Phi) is 4.10. The Hall–Kier alpha value is -2.40. The average Bonchev–Trinajstić information content (AvgIpc) is 2.46. The molecule has 2 rings (SSSR count). The van der Waals surface area contributed by atoms with Gasteiger partial charge in [-0.1, -0.05) is 18.2 Å². The predicted octanol–water partition coefficient (Wildman–Crippen LogP) is 2.41. The number of halogens is 1. The Morgan fingerprint density at radius 2 is 1.74 bits per heavy atom. The molecular formula is C14H15FN4. The van der Waals surface area contributed by atoms with Crippen LogP contribution in [0.4, 0.5) is 15.8 Å². The lowest BCUT2D eigenvalue weighted by molar-refractivity contribution is 0.628. The molecule has 2 aromatic carbocycles. The summed E-state index contributed by atoms with van der Waals surface area (Å²) in [7, 11) is 1.80. The van der Waals surface area contributed by atoms with Crippen LogP contribution in [0.15, 0.2) is 59.6 Å². The monoisotopic (exact) mass is 258 g/mol. The van der Waals surface area contributed by atoms with Crippen LogP contribution < -0.4 is 16.2 Å². The SMILES string of the molecule is CN(C(=Nc1ccccc1)NN)c1ccc(F)cc1. The Labute approximate surface area is 111 Å². The third-order valence-corrected chi connectivity index (χ3v) is 2.65. The number of aliphatic imine (C=N–C) groups is 1. The minimum atomic E-state index is -0.278. The van der Waals surface area contributed by atoms with Gasteiger partial charge < -0.3 is 4.90 Å². The lowest BCUT2D eigenvalue weighted by atomic mass is 10.3. The van der Waals surface area contributed by atoms with Gasteiger partial charge in [0, 0.05) is 12.7 Å². The Morgan fingerprint density at radius 3 is 2.32 bits per heavy atom. The fourth-order valence-electron chi connectivity index (χ4n) is 1.62. The molecule has 0 saturated carbocycles. The number of rotatable bonds is 2. The molecule has 0 spiro atoms. The lowest BCUT2D eigenvalue weighted by Crippen LogP contribution is -2.42. The molecule has 0 bridgehead atoms. The Bertz CT molecular complexity index is 551. The van der Waals surface area contributed by atoms with Crippen molar-refractivity contribution in [2.24, 2.45) is 10.8 Å². The van der Waals surface area contributed by atoms with Crippen LogP contribution in [0.25, 0.3) is 0 Å². The Balaban J connectivity index is 2.26. The minimum Gasteiger partial charge on any atom is -0.314 e. The average molecular weight is 258 g/mol. The van der Waals surface area contributed by atoms with Crippen molar-refractivity contribution in [1.82, 2.24) is 5.43 Å². The van der Waals surface area contributed by atoms with Crippen molar-refractivity contribution in [2.75, 3.05) is 11.9 Å². The highest BCUT2D eigenvalue weighted by atomic mass is 19.1. The Morgan fingerprint density at radius 1 is 1.11 bits per heavy atom. The molecule has 0 aliphatic heterocycles. The van der Waals surface area contributed by atoms with Crippen molar-refractivity contribution in [3.8, 4) is 0 Å². The van der Waals surface area contributed by atoms with Crippen LogP contribution >= 0.6 is 0 Å². The van der Waals surface area contributed by atoms with E-state index >= 15 is 0 Å². The summed E-state index contributed by atoms with van der Waals surface area (Å²) in [5.74, 6) is 5.68. The van der Waals surface area contributed by atoms with Gasteiger partial charge >= 0.3 is 0 Å². The van der Waals surface area contributed by atoms with E-state index < -0.39 is 0 Å². The van der Waals surface area contributed by atoms with E-state index in [9.17, 15) is 4.39 Å². The molecular weight excluding hydrogens is 243 g/mol. The van der Waals surface area contributed by atoms with Crippen molar-refractivity contribution in [3.63, 3.8) is 0 Å². The van der Waals surface area contributed by atoms with Gasteiger partial charge in [-0.15, -0.1) is 0 Å². The zero-order valence-corrected chi connectivity index (χ0v) is 10.5. The van der Waals surface area contributed by atoms with Crippen LogP contribution in [0.1, 0.15) is 0 Å². The van der Waals surface area contributed by atoms with Gasteiger partial charge in [0.2, 0.25) is 5.96 Å². The van der Waals surface area contributed by atoms with Gasteiger partial charge in [-0.25, -0.2) is 15.2 Å². The van der Waals surface area contributed by atoms with Gasteiger partial charge in [-0.2, -0.15) is 0 Å². The molecule has 0 radical (unpaired) electrons. The highest BCUT2D eigenvalue weighted by Crippen LogP contribution is 2.15. The van der Waals surface area contributed by atoms with Crippen molar-refractivity contribution in [2.45, 2.75) is 0 Å². The molecule has 0 amide bonds. The standard InChI is InChI=1S/C14H15FN4/c1-19(13-9-7-11(15)8-10-13)14(18-16)17-12-5-3-2-4-6-12/h2-10H,16H2,1H3,(H,17,18). The van der Waals surface area contributed by atoms with Gasteiger partial charge in [0.15, 0.2) is 0 Å². The number of anilines is 1. The van der Waals surface area contributed by atoms with Gasteiger partial charge in [-0.3, -0.25) is 5.43 Å². The fourth-order valence-corrected chi connectivity index (χ4v) is 1.62. The van der Waals surface area contributed by atoms with E-state index in [1.165, 1.54) is 12.1 Å². The maximum Gasteiger partial charge on any atom is 0.217 e. The molecule has 0 aromatic heterocycles. The van der Waals surface area contributed by atoms with E-state index in [0.29, 0.717) is 5.96 Å². The third-order valence-electron chi connectivity index (χ3n) is 2.65. The summed E-state index contributed by atoms with van der Waals surface area (Å²) >= 11 is 0. The van der Waals surface area contributed by atoms with E-state index in [1.54, 1.807) is 24.1 Å². The topological polar surface area (TPSA) is 53.6 Å². The molecule has 0 aliphatic carbocycles. The minimum absolute atomic E-state index is 0.278. The number of hydrogen-bond donors (Lipinski definition) is 2. The van der Waals surface area contributed by atoms with Gasteiger partial charge in [0.25, 0.3) is 0 Å². The first-order valence-corrected chi connectivity index (χ1v) is 5.80. The number of hydrazine groups is 1. The van der Waals surface area contributed by atoms with Crippen molar-refractivity contribution in [1.29, 1.82) is 0 Å². The van der Waals surface area contributed by atoms with E-state index in [0.717, 1.165) is 11.4 Å². The normalized spacial score (nSPS) is 11.2. The van der Waals surface area contributed by atoms with Crippen LogP contribution in [-0.2, 0) is 0 Å². The maximum atomic E-state index is 12.9. The van der Waals surface area contributed by atoms with E-state index in [-0.39, 0.29) is 5.82 Å². The largest absolute Gasteiger partial charge is 0.314 e. The van der Waals surface area contributed by atoms with Crippen molar-refractivity contribution >= 4 is 17.3 Å². The third kappa shape index (κ3) is 3.29. The van der Waals surface area contributed by atoms with E-state index in [1.807, 2.05) is 30.3 Å². The van der Waals surface area contributed by atoms with Crippen LogP contribution in [0.2, 0.25) is 0 Å². The molecule has 98 valence electrons. The molecule has 0 aliphatic rings. The van der Waals surface area contributed by atoms with Crippen molar-refractivity contribution in [3.05, 3.63) is 60.4 Å². The van der Waals surface area contributed by atoms with Crippen LogP contribution in [0, 0.1) is 5.82 Å². The summed E-state index contributed by atoms with van der Waals surface area (Å²) in [4.78, 5) is 6.13. The second-order valence-electron chi connectivity index (χ2n) is 3.95.